The Morgan fingerprint density at radius 1 is 1.00 bits per heavy atom. The van der Waals surface area contributed by atoms with E-state index < -0.39 is 12.1 Å². The minimum absolute atomic E-state index is 0.252. The summed E-state index contributed by atoms with van der Waals surface area (Å²) in [6.07, 6.45) is -0.676. The predicted molar refractivity (Wildman–Crippen MR) is 77.1 cm³/mol. The summed E-state index contributed by atoms with van der Waals surface area (Å²) in [5.41, 5.74) is 1.26. The van der Waals surface area contributed by atoms with Gasteiger partial charge in [0.25, 0.3) is 0 Å². The van der Waals surface area contributed by atoms with Gasteiger partial charge >= 0.3 is 12.1 Å². The van der Waals surface area contributed by atoms with Gasteiger partial charge in [-0.25, -0.2) is 9.59 Å². The summed E-state index contributed by atoms with van der Waals surface area (Å²) in [5.74, 6) is -0.0452. The number of carbonyl (C=O) groups excluding carboxylic acids is 2. The summed E-state index contributed by atoms with van der Waals surface area (Å²) in [5, 5.41) is 2.35. The number of ether oxygens (including phenoxy) is 2. The van der Waals surface area contributed by atoms with Crippen LogP contribution in [0.2, 0.25) is 0 Å². The Bertz CT molecular complexity index is 625. The predicted octanol–water partition coefficient (Wildman–Crippen LogP) is 2.90. The first-order valence-corrected chi connectivity index (χ1v) is 6.40. The minimum Gasteiger partial charge on any atom is -0.441 e. The maximum Gasteiger partial charge on any atom is 0.415 e. The molecule has 2 aromatic rings. The van der Waals surface area contributed by atoms with E-state index in [0.717, 1.165) is 5.56 Å². The van der Waals surface area contributed by atoms with Gasteiger partial charge in [0.1, 0.15) is 5.75 Å². The van der Waals surface area contributed by atoms with Crippen LogP contribution in [0.5, 0.6) is 5.75 Å². The van der Waals surface area contributed by atoms with E-state index in [1.807, 2.05) is 19.1 Å². The van der Waals surface area contributed by atoms with Crippen molar-refractivity contribution in [2.24, 2.45) is 0 Å². The number of amides is 1. The zero-order valence-corrected chi connectivity index (χ0v) is 11.5. The zero-order chi connectivity index (χ0) is 15.1. The number of aryl methyl sites for hydroxylation is 1. The average molecular weight is 285 g/mol. The molecule has 108 valence electrons. The first kappa shape index (κ1) is 14.6. The lowest BCUT2D eigenvalue weighted by Gasteiger charge is -2.09. The van der Waals surface area contributed by atoms with Gasteiger partial charge in [0.15, 0.2) is 6.73 Å². The Balaban J connectivity index is 1.77. The maximum atomic E-state index is 11.6. The second-order valence-corrected chi connectivity index (χ2v) is 4.27. The number of benzene rings is 2. The average Bonchev–Trinajstić information content (AvgIpc) is 2.50. The quantitative estimate of drug-likeness (QED) is 0.693. The number of nitrogens with one attached hydrogen (secondary N) is 1. The van der Waals surface area contributed by atoms with Crippen LogP contribution >= 0.6 is 0 Å². The monoisotopic (exact) mass is 285 g/mol. The van der Waals surface area contributed by atoms with Crippen LogP contribution in [0, 0.1) is 6.92 Å². The third kappa shape index (κ3) is 4.35. The largest absolute Gasteiger partial charge is 0.441 e. The summed E-state index contributed by atoms with van der Waals surface area (Å²) in [7, 11) is 0. The van der Waals surface area contributed by atoms with Gasteiger partial charge in [0.2, 0.25) is 0 Å². The van der Waals surface area contributed by atoms with Crippen LogP contribution in [0.4, 0.5) is 4.79 Å². The molecule has 0 heterocycles. The van der Waals surface area contributed by atoms with E-state index in [9.17, 15) is 9.59 Å². The molecule has 5 heteroatoms. The topological polar surface area (TPSA) is 64.6 Å². The summed E-state index contributed by atoms with van der Waals surface area (Å²) in [4.78, 5) is 23.2. The molecule has 2 rings (SSSR count). The number of esters is 1. The summed E-state index contributed by atoms with van der Waals surface area (Å²) in [6.45, 7) is 1.58. The van der Waals surface area contributed by atoms with E-state index in [2.05, 4.69) is 5.32 Å². The van der Waals surface area contributed by atoms with Crippen molar-refractivity contribution < 1.29 is 19.1 Å². The van der Waals surface area contributed by atoms with Gasteiger partial charge in [-0.15, -0.1) is 0 Å². The Morgan fingerprint density at radius 2 is 1.67 bits per heavy atom. The van der Waals surface area contributed by atoms with Crippen LogP contribution in [0.25, 0.3) is 0 Å². The molecule has 0 spiro atoms. The van der Waals surface area contributed by atoms with Crippen molar-refractivity contribution in [2.45, 2.75) is 6.92 Å². The zero-order valence-electron chi connectivity index (χ0n) is 11.5. The number of hydrogen-bond acceptors (Lipinski definition) is 4. The third-order valence-electron chi connectivity index (χ3n) is 2.73. The van der Waals surface area contributed by atoms with Crippen LogP contribution in [0.1, 0.15) is 15.9 Å². The Kier molecular flexibility index (Phi) is 4.93. The van der Waals surface area contributed by atoms with Crippen LogP contribution in [0.3, 0.4) is 0 Å². The second kappa shape index (κ2) is 7.09. The van der Waals surface area contributed by atoms with E-state index in [1.54, 1.807) is 42.5 Å². The first-order valence-electron chi connectivity index (χ1n) is 6.40. The molecule has 1 N–H and O–H groups in total. The number of rotatable bonds is 4. The van der Waals surface area contributed by atoms with Gasteiger partial charge in [0.05, 0.1) is 5.56 Å². The summed E-state index contributed by atoms with van der Waals surface area (Å²) < 4.78 is 10.0. The molecule has 1 amide bonds. The fraction of sp³-hybridized carbons (Fsp3) is 0.125. The molecule has 0 aliphatic carbocycles. The van der Waals surface area contributed by atoms with Crippen molar-refractivity contribution in [3.05, 3.63) is 65.7 Å². The molecule has 2 aromatic carbocycles. The highest BCUT2D eigenvalue weighted by Crippen LogP contribution is 2.15. The summed E-state index contributed by atoms with van der Waals surface area (Å²) in [6, 6.07) is 15.7. The van der Waals surface area contributed by atoms with E-state index in [0.29, 0.717) is 11.3 Å². The fourth-order valence-corrected chi connectivity index (χ4v) is 1.63. The van der Waals surface area contributed by atoms with Crippen LogP contribution < -0.4 is 10.1 Å². The SMILES string of the molecule is Cc1ccccc1OC(=O)NCOC(=O)c1ccccc1. The second-order valence-electron chi connectivity index (χ2n) is 4.27. The fourth-order valence-electron chi connectivity index (χ4n) is 1.63. The highest BCUT2D eigenvalue weighted by Gasteiger charge is 2.09. The van der Waals surface area contributed by atoms with Crippen molar-refractivity contribution in [1.82, 2.24) is 5.32 Å². The molecule has 21 heavy (non-hydrogen) atoms. The van der Waals surface area contributed by atoms with Crippen molar-refractivity contribution in [3.8, 4) is 5.75 Å². The molecule has 0 aliphatic heterocycles. The van der Waals surface area contributed by atoms with E-state index in [4.69, 9.17) is 9.47 Å². The summed E-state index contributed by atoms with van der Waals surface area (Å²) >= 11 is 0. The molecule has 0 unspecified atom stereocenters. The lowest BCUT2D eigenvalue weighted by atomic mass is 10.2. The van der Waals surface area contributed by atoms with E-state index in [-0.39, 0.29) is 6.73 Å². The molecule has 0 aliphatic rings. The Labute approximate surface area is 122 Å². The smallest absolute Gasteiger partial charge is 0.415 e. The lowest BCUT2D eigenvalue weighted by molar-refractivity contribution is 0.0477. The minimum atomic E-state index is -0.676. The highest BCUT2D eigenvalue weighted by molar-refractivity contribution is 5.89. The Morgan fingerprint density at radius 3 is 2.38 bits per heavy atom. The van der Waals surface area contributed by atoms with Gasteiger partial charge in [-0.1, -0.05) is 36.4 Å². The van der Waals surface area contributed by atoms with Gasteiger partial charge in [-0.2, -0.15) is 0 Å². The molecule has 5 nitrogen and oxygen atoms in total. The van der Waals surface area contributed by atoms with Gasteiger partial charge in [-0.3, -0.25) is 5.32 Å². The number of carbonyl (C=O) groups is 2. The molecular formula is C16H15NO4. The highest BCUT2D eigenvalue weighted by atomic mass is 16.6. The Hall–Kier alpha value is -2.82. The molecule has 0 radical (unpaired) electrons. The van der Waals surface area contributed by atoms with Crippen molar-refractivity contribution in [3.63, 3.8) is 0 Å². The van der Waals surface area contributed by atoms with Crippen LogP contribution in [-0.2, 0) is 4.74 Å². The molecular weight excluding hydrogens is 270 g/mol. The van der Waals surface area contributed by atoms with Gasteiger partial charge in [0, 0.05) is 0 Å². The van der Waals surface area contributed by atoms with Crippen LogP contribution in [0.15, 0.2) is 54.6 Å². The third-order valence-corrected chi connectivity index (χ3v) is 2.73. The normalized spacial score (nSPS) is 9.76. The van der Waals surface area contributed by atoms with E-state index >= 15 is 0 Å². The molecule has 0 saturated carbocycles. The van der Waals surface area contributed by atoms with Crippen molar-refractivity contribution in [1.29, 1.82) is 0 Å². The number of para-hydroxylation sites is 1. The standard InChI is InChI=1S/C16H15NO4/c1-12-7-5-6-10-14(12)21-16(19)17-11-20-15(18)13-8-3-2-4-9-13/h2-10H,11H2,1H3,(H,17,19). The van der Waals surface area contributed by atoms with Crippen molar-refractivity contribution in [2.75, 3.05) is 6.73 Å². The van der Waals surface area contributed by atoms with Crippen LogP contribution in [-0.4, -0.2) is 18.8 Å². The van der Waals surface area contributed by atoms with E-state index in [1.165, 1.54) is 0 Å². The van der Waals surface area contributed by atoms with Gasteiger partial charge < -0.3 is 9.47 Å². The molecule has 0 aromatic heterocycles. The first-order chi connectivity index (χ1) is 10.2. The van der Waals surface area contributed by atoms with Gasteiger partial charge in [-0.05, 0) is 30.7 Å². The molecule has 0 saturated heterocycles. The lowest BCUT2D eigenvalue weighted by Crippen LogP contribution is -2.30. The molecule has 0 atom stereocenters. The number of hydrogen-bond donors (Lipinski definition) is 1. The maximum absolute atomic E-state index is 11.6. The molecule has 0 bridgehead atoms. The molecule has 0 fully saturated rings. The van der Waals surface area contributed by atoms with Crippen molar-refractivity contribution >= 4 is 12.1 Å².